The molecule has 4 rings (SSSR count). The Labute approximate surface area is 158 Å². The summed E-state index contributed by atoms with van der Waals surface area (Å²) in [7, 11) is -1.04. The van der Waals surface area contributed by atoms with E-state index in [1.165, 1.54) is 12.8 Å². The molecule has 1 unspecified atom stereocenters. The van der Waals surface area contributed by atoms with Crippen molar-refractivity contribution in [1.29, 1.82) is 0 Å². The molecule has 4 heteroatoms. The van der Waals surface area contributed by atoms with Gasteiger partial charge in [0.1, 0.15) is 0 Å². The van der Waals surface area contributed by atoms with Crippen LogP contribution in [0.5, 0.6) is 0 Å². The standard InChI is InChI=1S/C13H15Si.C5H5.2ClH.Zr/c1-14(7-4-8-14)13-9-11-5-2-3-6-12(11)10-13;1-2-4-5-3-1;;;/h2-3,5-6,9-10H,4,7-8H2,1H3;1-3H,4H2;2*1H;/q;;;;+2/p-2. The molecule has 114 valence electrons. The molecule has 0 radical (unpaired) electrons. The fourth-order valence-corrected chi connectivity index (χ4v) is 13.7. The van der Waals surface area contributed by atoms with Crippen molar-refractivity contribution < 1.29 is 48.0 Å². The summed E-state index contributed by atoms with van der Waals surface area (Å²) in [6, 6.07) is 12.3. The van der Waals surface area contributed by atoms with E-state index in [2.05, 4.69) is 55.1 Å². The molecule has 0 spiro atoms. The van der Waals surface area contributed by atoms with Crippen LogP contribution in [0.3, 0.4) is 0 Å². The van der Waals surface area contributed by atoms with Crippen molar-refractivity contribution in [3.63, 3.8) is 0 Å². The second-order valence-corrected chi connectivity index (χ2v) is 15.0. The van der Waals surface area contributed by atoms with Crippen LogP contribution in [-0.4, -0.2) is 8.07 Å². The van der Waals surface area contributed by atoms with Gasteiger partial charge in [-0.15, -0.1) is 0 Å². The summed E-state index contributed by atoms with van der Waals surface area (Å²) >= 11 is -0.503. The Morgan fingerprint density at radius 2 is 1.91 bits per heavy atom. The van der Waals surface area contributed by atoms with Crippen LogP contribution in [0.1, 0.15) is 27.6 Å². The molecule has 3 aliphatic rings. The van der Waals surface area contributed by atoms with E-state index >= 15 is 0 Å². The number of hydrogen-bond donors (Lipinski definition) is 0. The largest absolute Gasteiger partial charge is 1.00 e. The Balaban J connectivity index is 0.000000882. The van der Waals surface area contributed by atoms with E-state index in [9.17, 15) is 0 Å². The predicted molar refractivity (Wildman–Crippen MR) is 84.8 cm³/mol. The van der Waals surface area contributed by atoms with E-state index in [0.717, 1.165) is 3.63 Å². The maximum atomic E-state index is 2.64. The zero-order valence-corrected chi connectivity index (χ0v) is 17.8. The van der Waals surface area contributed by atoms with Gasteiger partial charge in [0, 0.05) is 0 Å². The first-order valence-electron chi connectivity index (χ1n) is 7.69. The van der Waals surface area contributed by atoms with Gasteiger partial charge in [0.2, 0.25) is 0 Å². The summed E-state index contributed by atoms with van der Waals surface area (Å²) in [5.41, 5.74) is 3.21. The fraction of sp³-hybridized carbons (Fsp3) is 0.333. The fourth-order valence-electron chi connectivity index (χ4n) is 3.74. The van der Waals surface area contributed by atoms with Crippen LogP contribution in [0.2, 0.25) is 18.6 Å². The summed E-state index contributed by atoms with van der Waals surface area (Å²) < 4.78 is 2.65. The Kier molecular flexibility index (Phi) is 6.16. The smallest absolute Gasteiger partial charge is 1.00 e. The number of benzene rings is 1. The minimum Gasteiger partial charge on any atom is -1.00 e. The summed E-state index contributed by atoms with van der Waals surface area (Å²) in [5, 5.41) is 1.92. The Morgan fingerprint density at radius 1 is 1.14 bits per heavy atom. The van der Waals surface area contributed by atoms with Crippen LogP contribution < -0.4 is 24.8 Å². The van der Waals surface area contributed by atoms with Crippen molar-refractivity contribution in [2.75, 3.05) is 0 Å². The minimum absolute atomic E-state index is 0. The Morgan fingerprint density at radius 3 is 2.55 bits per heavy atom. The van der Waals surface area contributed by atoms with Gasteiger partial charge < -0.3 is 24.8 Å². The van der Waals surface area contributed by atoms with Gasteiger partial charge in [-0.1, -0.05) is 0 Å². The second-order valence-electron chi connectivity index (χ2n) is 6.54. The first-order chi connectivity index (χ1) is 9.76. The van der Waals surface area contributed by atoms with Crippen LogP contribution in [0.15, 0.2) is 51.0 Å². The summed E-state index contributed by atoms with van der Waals surface area (Å²) in [6.07, 6.45) is 12.4. The molecule has 1 fully saturated rings. The molecule has 0 amide bonds. The number of halogens is 2. The molecule has 0 nitrogen and oxygen atoms in total. The van der Waals surface area contributed by atoms with E-state index in [4.69, 9.17) is 0 Å². The number of allylic oxidation sites excluding steroid dienone is 5. The van der Waals surface area contributed by atoms with Crippen molar-refractivity contribution in [2.24, 2.45) is 0 Å². The third-order valence-corrected chi connectivity index (χ3v) is 14.7. The quantitative estimate of drug-likeness (QED) is 0.549. The van der Waals surface area contributed by atoms with Crippen LogP contribution in [0.25, 0.3) is 6.08 Å². The summed E-state index contributed by atoms with van der Waals surface area (Å²) in [4.78, 5) is 0. The molecule has 0 N–H and O–H groups in total. The molecule has 1 aromatic rings. The molecule has 0 aromatic heterocycles. The number of fused-ring (bicyclic) bond motifs is 1. The number of hydrogen-bond acceptors (Lipinski definition) is 0. The van der Waals surface area contributed by atoms with Crippen molar-refractivity contribution in [3.05, 3.63) is 62.1 Å². The average molecular weight is 427 g/mol. The van der Waals surface area contributed by atoms with Gasteiger partial charge >= 0.3 is 135 Å². The average Bonchev–Trinajstić information content (AvgIpc) is 3.05. The molecule has 0 saturated carbocycles. The van der Waals surface area contributed by atoms with Crippen LogP contribution >= 0.6 is 0 Å². The Bertz CT molecular complexity index is 644. The maximum absolute atomic E-state index is 2.64. The van der Waals surface area contributed by atoms with Gasteiger partial charge in [0.05, 0.1) is 0 Å². The van der Waals surface area contributed by atoms with Gasteiger partial charge in [-0.25, -0.2) is 0 Å². The molecule has 1 aliphatic heterocycles. The molecular formula is C18H20Cl2SiZr. The van der Waals surface area contributed by atoms with Crippen LogP contribution in [0, 0.1) is 0 Å². The third-order valence-electron chi connectivity index (χ3n) is 5.18. The predicted octanol–water partition coefficient (Wildman–Crippen LogP) is -0.919. The van der Waals surface area contributed by atoms with Crippen LogP contribution in [-0.2, 0) is 23.2 Å². The van der Waals surface area contributed by atoms with Crippen molar-refractivity contribution in [3.8, 4) is 0 Å². The second kappa shape index (κ2) is 7.34. The topological polar surface area (TPSA) is 0 Å². The molecule has 1 aromatic carbocycles. The first kappa shape index (κ1) is 18.5. The van der Waals surface area contributed by atoms with Gasteiger partial charge in [-0.3, -0.25) is 0 Å². The van der Waals surface area contributed by atoms with Gasteiger partial charge in [0.15, 0.2) is 0 Å². The third kappa shape index (κ3) is 3.18. The van der Waals surface area contributed by atoms with Gasteiger partial charge in [-0.2, -0.15) is 0 Å². The van der Waals surface area contributed by atoms with Crippen molar-refractivity contribution in [2.45, 2.75) is 35.1 Å². The molecule has 1 atom stereocenters. The van der Waals surface area contributed by atoms with Gasteiger partial charge in [0.25, 0.3) is 0 Å². The maximum Gasteiger partial charge on any atom is -1.00 e. The van der Waals surface area contributed by atoms with E-state index in [1.54, 1.807) is 26.5 Å². The monoisotopic (exact) mass is 424 g/mol. The molecular weight excluding hydrogens is 406 g/mol. The van der Waals surface area contributed by atoms with Crippen molar-refractivity contribution in [1.82, 2.24) is 0 Å². The van der Waals surface area contributed by atoms with E-state index in [1.807, 2.05) is 5.20 Å². The zero-order chi connectivity index (χ0) is 13.6. The van der Waals surface area contributed by atoms with E-state index in [-0.39, 0.29) is 24.8 Å². The van der Waals surface area contributed by atoms with E-state index < -0.39 is 31.3 Å². The molecule has 1 heterocycles. The molecule has 1 saturated heterocycles. The first-order valence-corrected chi connectivity index (χ1v) is 13.3. The zero-order valence-electron chi connectivity index (χ0n) is 12.8. The Hall–Kier alpha value is 0.120. The summed E-state index contributed by atoms with van der Waals surface area (Å²) in [5.74, 6) is 0. The van der Waals surface area contributed by atoms with Crippen molar-refractivity contribution >= 4 is 14.1 Å². The minimum atomic E-state index is -1.04. The van der Waals surface area contributed by atoms with E-state index in [0.29, 0.717) is 0 Å². The normalized spacial score (nSPS) is 23.2. The SMILES string of the molecule is C[Si]1(C2=Cc3ccccc3[CH]2[Zr+2][C]2=CC=CC2)CCC1.[Cl-].[Cl-]. The summed E-state index contributed by atoms with van der Waals surface area (Å²) in [6.45, 7) is 2.64. The molecule has 0 bridgehead atoms. The molecule has 22 heavy (non-hydrogen) atoms. The van der Waals surface area contributed by atoms with Crippen LogP contribution in [0.4, 0.5) is 0 Å². The van der Waals surface area contributed by atoms with Gasteiger partial charge in [-0.05, 0) is 0 Å². The number of rotatable bonds is 3. The molecule has 2 aliphatic carbocycles.